The number of carbonyl (C=O) groups is 1. The maximum atomic E-state index is 12.1. The summed E-state index contributed by atoms with van der Waals surface area (Å²) in [5.74, 6) is 0.111. The van der Waals surface area contributed by atoms with E-state index < -0.39 is 34.1 Å². The van der Waals surface area contributed by atoms with E-state index in [-0.39, 0.29) is 52.9 Å². The van der Waals surface area contributed by atoms with Gasteiger partial charge in [-0.05, 0) is 97.7 Å². The van der Waals surface area contributed by atoms with Crippen molar-refractivity contribution in [2.24, 2.45) is 46.3 Å². The van der Waals surface area contributed by atoms with Gasteiger partial charge in [0.2, 0.25) is 5.91 Å². The van der Waals surface area contributed by atoms with Crippen LogP contribution in [-0.2, 0) is 14.9 Å². The molecular formula is C25H43NO7S. The van der Waals surface area contributed by atoms with Crippen molar-refractivity contribution in [1.29, 1.82) is 0 Å². The van der Waals surface area contributed by atoms with E-state index in [9.17, 15) is 28.5 Å². The number of aliphatic hydroxyl groups is 3. The maximum Gasteiger partial charge on any atom is 0.283 e. The van der Waals surface area contributed by atoms with Crippen LogP contribution in [0, 0.1) is 46.3 Å². The molecule has 0 aliphatic heterocycles. The zero-order valence-corrected chi connectivity index (χ0v) is 21.5. The number of aliphatic hydroxyl groups excluding tert-OH is 3. The second kappa shape index (κ2) is 9.29. The first-order valence-corrected chi connectivity index (χ1v) is 14.6. The van der Waals surface area contributed by atoms with Crippen LogP contribution in [0.1, 0.15) is 78.6 Å². The minimum atomic E-state index is -4.24. The summed E-state index contributed by atoms with van der Waals surface area (Å²) in [6.07, 6.45) is 5.36. The zero-order chi connectivity index (χ0) is 25.1. The van der Waals surface area contributed by atoms with E-state index in [1.54, 1.807) is 0 Å². The number of hydrogen-bond donors (Lipinski definition) is 5. The van der Waals surface area contributed by atoms with Crippen LogP contribution in [-0.4, -0.2) is 58.4 Å². The van der Waals surface area contributed by atoms with Crippen molar-refractivity contribution in [1.82, 2.24) is 5.32 Å². The number of nitrogens with one attached hydrogen (secondary N) is 1. The molecule has 8 nitrogen and oxygen atoms in total. The molecule has 4 aliphatic carbocycles. The van der Waals surface area contributed by atoms with E-state index in [0.717, 1.165) is 38.5 Å². The van der Waals surface area contributed by atoms with Crippen LogP contribution in [0.2, 0.25) is 0 Å². The molecule has 0 saturated heterocycles. The first-order valence-electron chi connectivity index (χ1n) is 13.0. The molecule has 3 unspecified atom stereocenters. The zero-order valence-electron chi connectivity index (χ0n) is 20.7. The van der Waals surface area contributed by atoms with Gasteiger partial charge < -0.3 is 20.6 Å². The van der Waals surface area contributed by atoms with Crippen molar-refractivity contribution < 1.29 is 33.1 Å². The molecule has 0 aromatic rings. The highest BCUT2D eigenvalue weighted by molar-refractivity contribution is 7.85. The predicted molar refractivity (Wildman–Crippen MR) is 127 cm³/mol. The fourth-order valence-electron chi connectivity index (χ4n) is 8.95. The van der Waals surface area contributed by atoms with Crippen molar-refractivity contribution in [3.05, 3.63) is 0 Å². The Hall–Kier alpha value is -0.740. The molecule has 196 valence electrons. The molecule has 0 aromatic carbocycles. The molecule has 9 heteroatoms. The minimum Gasteiger partial charge on any atom is -0.393 e. The molecule has 0 bridgehead atoms. The molecule has 1 amide bonds. The van der Waals surface area contributed by atoms with Gasteiger partial charge in [-0.25, -0.2) is 0 Å². The summed E-state index contributed by atoms with van der Waals surface area (Å²) in [5.41, 5.74) is -0.288. The lowest BCUT2D eigenvalue weighted by Crippen LogP contribution is -2.62. The summed E-state index contributed by atoms with van der Waals surface area (Å²) in [7, 11) is -4.24. The summed E-state index contributed by atoms with van der Waals surface area (Å²) in [5, 5.41) is 35.4. The predicted octanol–water partition coefficient (Wildman–Crippen LogP) is 2.33. The molecule has 4 saturated carbocycles. The van der Waals surface area contributed by atoms with Crippen molar-refractivity contribution in [2.75, 3.05) is 5.88 Å². The van der Waals surface area contributed by atoms with E-state index in [0.29, 0.717) is 18.8 Å². The van der Waals surface area contributed by atoms with Crippen LogP contribution in [0.5, 0.6) is 0 Å². The Labute approximate surface area is 203 Å². The summed E-state index contributed by atoms with van der Waals surface area (Å²) in [4.78, 5) is 12.1. The summed E-state index contributed by atoms with van der Waals surface area (Å²) < 4.78 is 30.6. The highest BCUT2D eigenvalue weighted by atomic mass is 32.2. The topological polar surface area (TPSA) is 144 Å². The van der Waals surface area contributed by atoms with E-state index >= 15 is 0 Å². The van der Waals surface area contributed by atoms with Crippen molar-refractivity contribution in [3.8, 4) is 0 Å². The number of hydrogen-bond acceptors (Lipinski definition) is 6. The summed E-state index contributed by atoms with van der Waals surface area (Å²) >= 11 is 0. The molecule has 0 aromatic heterocycles. The third-order valence-corrected chi connectivity index (χ3v) is 11.3. The Bertz CT molecular complexity index is 880. The minimum absolute atomic E-state index is 0.0419. The van der Waals surface area contributed by atoms with Gasteiger partial charge in [0.1, 0.15) is 5.88 Å². The standard InChI is InChI=1S/C25H43NO7S/c1-14(4-7-22(30)26-13-34(31,32)33)17-5-6-18-23-19(12-21(29)25(17,18)3)24(2)9-8-16(27)10-15(24)11-20(23)28/h14-21,23,27-29H,4-13H2,1-3H3,(H,26,30)(H,31,32,33)/t14-,15+,16-,17-,18?,19?,20-,21+,23?,24+,25-/m1/s1. The second-order valence-corrected chi connectivity index (χ2v) is 13.8. The van der Waals surface area contributed by atoms with Gasteiger partial charge in [-0.15, -0.1) is 0 Å². The van der Waals surface area contributed by atoms with Crippen molar-refractivity contribution >= 4 is 16.0 Å². The third-order valence-electron chi connectivity index (χ3n) is 10.8. The highest BCUT2D eigenvalue weighted by Crippen LogP contribution is 2.68. The van der Waals surface area contributed by atoms with Crippen LogP contribution in [0.25, 0.3) is 0 Å². The summed E-state index contributed by atoms with van der Waals surface area (Å²) in [6.45, 7) is 6.60. The Kier molecular flexibility index (Phi) is 7.19. The normalized spacial score (nSPS) is 47.3. The van der Waals surface area contributed by atoms with Crippen molar-refractivity contribution in [2.45, 2.75) is 96.9 Å². The first-order chi connectivity index (χ1) is 15.8. The van der Waals surface area contributed by atoms with Gasteiger partial charge in [0.15, 0.2) is 0 Å². The number of fused-ring (bicyclic) bond motifs is 5. The molecule has 4 rings (SSSR count). The van der Waals surface area contributed by atoms with Gasteiger partial charge in [0.05, 0.1) is 18.3 Å². The second-order valence-electron chi connectivity index (χ2n) is 12.4. The largest absolute Gasteiger partial charge is 0.393 e. The lowest BCUT2D eigenvalue weighted by molar-refractivity contribution is -0.207. The highest BCUT2D eigenvalue weighted by Gasteiger charge is 2.65. The van der Waals surface area contributed by atoms with E-state index in [2.05, 4.69) is 26.1 Å². The molecule has 11 atom stereocenters. The molecular weight excluding hydrogens is 458 g/mol. The lowest BCUT2D eigenvalue weighted by Gasteiger charge is -2.63. The van der Waals surface area contributed by atoms with Crippen LogP contribution in [0.3, 0.4) is 0 Å². The van der Waals surface area contributed by atoms with E-state index in [1.807, 2.05) is 0 Å². The van der Waals surface area contributed by atoms with Crippen LogP contribution >= 0.6 is 0 Å². The Morgan fingerprint density at radius 1 is 1.06 bits per heavy atom. The first kappa shape index (κ1) is 26.3. The Morgan fingerprint density at radius 2 is 1.76 bits per heavy atom. The monoisotopic (exact) mass is 501 g/mol. The molecule has 34 heavy (non-hydrogen) atoms. The van der Waals surface area contributed by atoms with Crippen LogP contribution in [0.4, 0.5) is 0 Å². The van der Waals surface area contributed by atoms with Crippen LogP contribution in [0.15, 0.2) is 0 Å². The fourth-order valence-corrected chi connectivity index (χ4v) is 9.30. The maximum absolute atomic E-state index is 12.1. The van der Waals surface area contributed by atoms with Crippen molar-refractivity contribution in [3.63, 3.8) is 0 Å². The van der Waals surface area contributed by atoms with Gasteiger partial charge in [-0.2, -0.15) is 8.42 Å². The number of rotatable bonds is 6. The lowest BCUT2D eigenvalue weighted by atomic mass is 9.43. The SMILES string of the molecule is C[C@H](CCC(=O)NCS(=O)(=O)O)[C@H]1CCC2C3C(C[C@H](O)[C@@]21C)[C@@]1(C)CC[C@@H](O)C[C@H]1C[C@H]3O. The molecule has 0 spiro atoms. The van der Waals surface area contributed by atoms with Gasteiger partial charge in [-0.3, -0.25) is 9.35 Å². The van der Waals surface area contributed by atoms with Gasteiger partial charge in [-0.1, -0.05) is 20.8 Å². The average Bonchev–Trinajstić information content (AvgIpc) is 3.10. The van der Waals surface area contributed by atoms with Gasteiger partial charge in [0, 0.05) is 6.42 Å². The molecule has 4 aliphatic rings. The molecule has 4 fully saturated rings. The Balaban J connectivity index is 1.47. The number of amides is 1. The quantitative estimate of drug-likeness (QED) is 0.351. The van der Waals surface area contributed by atoms with Gasteiger partial charge in [0.25, 0.3) is 10.1 Å². The number of carbonyl (C=O) groups excluding carboxylic acids is 1. The fraction of sp³-hybridized carbons (Fsp3) is 0.960. The molecule has 0 radical (unpaired) electrons. The average molecular weight is 502 g/mol. The van der Waals surface area contributed by atoms with E-state index in [4.69, 9.17) is 4.55 Å². The van der Waals surface area contributed by atoms with Crippen LogP contribution < -0.4 is 5.32 Å². The molecule has 5 N–H and O–H groups in total. The third kappa shape index (κ3) is 4.56. The van der Waals surface area contributed by atoms with Gasteiger partial charge >= 0.3 is 0 Å². The smallest absolute Gasteiger partial charge is 0.283 e. The van der Waals surface area contributed by atoms with E-state index in [1.165, 1.54) is 0 Å². The molecule has 0 heterocycles. The summed E-state index contributed by atoms with van der Waals surface area (Å²) in [6, 6.07) is 0. The Morgan fingerprint density at radius 3 is 2.44 bits per heavy atom.